The first-order valence-corrected chi connectivity index (χ1v) is 8.42. The molecule has 1 heterocycles. The second-order valence-corrected chi connectivity index (χ2v) is 6.76. The average Bonchev–Trinajstić information content (AvgIpc) is 2.48. The van der Waals surface area contributed by atoms with Crippen molar-refractivity contribution in [1.29, 1.82) is 0 Å². The molecule has 1 fully saturated rings. The number of hydrogen-bond acceptors (Lipinski definition) is 3. The molecule has 1 aromatic carbocycles. The summed E-state index contributed by atoms with van der Waals surface area (Å²) < 4.78 is 0. The van der Waals surface area contributed by atoms with E-state index in [2.05, 4.69) is 36.2 Å². The lowest BCUT2D eigenvalue weighted by molar-refractivity contribution is -0.117. The van der Waals surface area contributed by atoms with Gasteiger partial charge in [-0.25, -0.2) is 0 Å². The second kappa shape index (κ2) is 8.30. The molecule has 122 valence electrons. The summed E-state index contributed by atoms with van der Waals surface area (Å²) in [6, 6.07) is 7.68. The van der Waals surface area contributed by atoms with E-state index in [0.29, 0.717) is 12.3 Å². The number of nitrogens with zero attached hydrogens (tertiary/aromatic N) is 1. The molecule has 1 saturated heterocycles. The fraction of sp³-hybridized carbons (Fsp3) is 0.611. The second-order valence-electron chi connectivity index (χ2n) is 6.76. The van der Waals surface area contributed by atoms with Crippen molar-refractivity contribution in [1.82, 2.24) is 4.90 Å². The highest BCUT2D eigenvalue weighted by Gasteiger charge is 2.15. The van der Waals surface area contributed by atoms with Gasteiger partial charge in [0.25, 0.3) is 0 Å². The van der Waals surface area contributed by atoms with Gasteiger partial charge in [-0.3, -0.25) is 9.69 Å². The summed E-state index contributed by atoms with van der Waals surface area (Å²) in [5.74, 6) is 0.329. The summed E-state index contributed by atoms with van der Waals surface area (Å²) in [7, 11) is 0. The quantitative estimate of drug-likeness (QED) is 0.849. The van der Waals surface area contributed by atoms with Crippen molar-refractivity contribution in [3.8, 4) is 0 Å². The number of carbonyl (C=O) groups is 1. The number of nitrogens with two attached hydrogens (primary N) is 1. The van der Waals surface area contributed by atoms with Crippen LogP contribution in [0.25, 0.3) is 0 Å². The van der Waals surface area contributed by atoms with Crippen molar-refractivity contribution < 1.29 is 4.79 Å². The molecule has 0 saturated carbocycles. The highest BCUT2D eigenvalue weighted by Crippen LogP contribution is 2.16. The van der Waals surface area contributed by atoms with Gasteiger partial charge in [-0.1, -0.05) is 32.4 Å². The fourth-order valence-corrected chi connectivity index (χ4v) is 2.97. The molecule has 0 bridgehead atoms. The number of rotatable bonds is 6. The number of benzene rings is 1. The molecule has 1 amide bonds. The maximum absolute atomic E-state index is 12.1. The standard InChI is InChI=1S/C18H29N3O/c1-14(2)11-17(19)18(22)20-16-8-6-7-15(12-16)13-21-9-4-3-5-10-21/h6-8,12,14,17H,3-5,9-11,13,19H2,1-2H3,(H,20,22)/t17-/m0/s1. The number of piperidine rings is 1. The van der Waals surface area contributed by atoms with Crippen LogP contribution in [-0.2, 0) is 11.3 Å². The summed E-state index contributed by atoms with van der Waals surface area (Å²) in [5, 5.41) is 2.94. The molecule has 0 aromatic heterocycles. The van der Waals surface area contributed by atoms with Crippen LogP contribution in [0.15, 0.2) is 24.3 Å². The Labute approximate surface area is 134 Å². The van der Waals surface area contributed by atoms with E-state index in [9.17, 15) is 4.79 Å². The molecule has 0 radical (unpaired) electrons. The highest BCUT2D eigenvalue weighted by atomic mass is 16.2. The van der Waals surface area contributed by atoms with Crippen molar-refractivity contribution in [2.24, 2.45) is 11.7 Å². The van der Waals surface area contributed by atoms with Gasteiger partial charge in [-0.05, 0) is 56.0 Å². The topological polar surface area (TPSA) is 58.4 Å². The van der Waals surface area contributed by atoms with Crippen molar-refractivity contribution in [2.45, 2.75) is 52.1 Å². The van der Waals surface area contributed by atoms with Crippen molar-refractivity contribution in [2.75, 3.05) is 18.4 Å². The molecule has 0 aliphatic carbocycles. The molecule has 4 nitrogen and oxygen atoms in total. The minimum absolute atomic E-state index is 0.0937. The first kappa shape index (κ1) is 17.0. The van der Waals surface area contributed by atoms with Crippen LogP contribution in [0, 0.1) is 5.92 Å². The number of anilines is 1. The van der Waals surface area contributed by atoms with Crippen molar-refractivity contribution in [3.63, 3.8) is 0 Å². The Kier molecular flexibility index (Phi) is 6.40. The third kappa shape index (κ3) is 5.43. The lowest BCUT2D eigenvalue weighted by Gasteiger charge is -2.26. The third-order valence-corrected chi connectivity index (χ3v) is 4.11. The molecule has 22 heavy (non-hydrogen) atoms. The molecule has 4 heteroatoms. The molecule has 1 aromatic rings. The summed E-state index contributed by atoms with van der Waals surface area (Å²) in [6.07, 6.45) is 4.64. The van der Waals surface area contributed by atoms with Gasteiger partial charge in [-0.15, -0.1) is 0 Å². The number of amides is 1. The van der Waals surface area contributed by atoms with Crippen LogP contribution in [0.4, 0.5) is 5.69 Å². The van der Waals surface area contributed by atoms with Gasteiger partial charge in [0, 0.05) is 12.2 Å². The Hall–Kier alpha value is -1.39. The lowest BCUT2D eigenvalue weighted by atomic mass is 10.0. The Morgan fingerprint density at radius 2 is 2.00 bits per heavy atom. The zero-order chi connectivity index (χ0) is 15.9. The maximum Gasteiger partial charge on any atom is 0.241 e. The van der Waals surface area contributed by atoms with Crippen LogP contribution < -0.4 is 11.1 Å². The smallest absolute Gasteiger partial charge is 0.241 e. The minimum Gasteiger partial charge on any atom is -0.325 e. The lowest BCUT2D eigenvalue weighted by Crippen LogP contribution is -2.36. The molecule has 1 aliphatic heterocycles. The van der Waals surface area contributed by atoms with Crippen molar-refractivity contribution >= 4 is 11.6 Å². The molecule has 0 spiro atoms. The largest absolute Gasteiger partial charge is 0.325 e. The van der Waals surface area contributed by atoms with E-state index < -0.39 is 6.04 Å². The average molecular weight is 303 g/mol. The van der Waals surface area contributed by atoms with Crippen LogP contribution >= 0.6 is 0 Å². The Morgan fingerprint density at radius 1 is 1.27 bits per heavy atom. The third-order valence-electron chi connectivity index (χ3n) is 4.11. The van der Waals surface area contributed by atoms with Crippen LogP contribution in [0.5, 0.6) is 0 Å². The van der Waals surface area contributed by atoms with E-state index in [1.807, 2.05) is 12.1 Å². The number of hydrogen-bond donors (Lipinski definition) is 2. The van der Waals surface area contributed by atoms with Gasteiger partial charge in [-0.2, -0.15) is 0 Å². The van der Waals surface area contributed by atoms with E-state index in [1.54, 1.807) is 0 Å². The van der Waals surface area contributed by atoms with E-state index in [0.717, 1.165) is 12.2 Å². The van der Waals surface area contributed by atoms with Gasteiger partial charge < -0.3 is 11.1 Å². The monoisotopic (exact) mass is 303 g/mol. The summed E-state index contributed by atoms with van der Waals surface area (Å²) in [4.78, 5) is 14.6. The zero-order valence-corrected chi connectivity index (χ0v) is 13.8. The first-order valence-electron chi connectivity index (χ1n) is 8.42. The molecular formula is C18H29N3O. The van der Waals surface area contributed by atoms with E-state index >= 15 is 0 Å². The SMILES string of the molecule is CC(C)C[C@H](N)C(=O)Nc1cccc(CN2CCCCC2)c1. The highest BCUT2D eigenvalue weighted by molar-refractivity contribution is 5.94. The Bertz CT molecular complexity index is 481. The molecule has 1 aliphatic rings. The zero-order valence-electron chi connectivity index (χ0n) is 13.8. The van der Waals surface area contributed by atoms with Crippen molar-refractivity contribution in [3.05, 3.63) is 29.8 Å². The molecular weight excluding hydrogens is 274 g/mol. The number of carbonyl (C=O) groups excluding carboxylic acids is 1. The van der Waals surface area contributed by atoms with Gasteiger partial charge in [0.2, 0.25) is 5.91 Å². The Balaban J connectivity index is 1.91. The van der Waals surface area contributed by atoms with E-state index in [4.69, 9.17) is 5.73 Å². The van der Waals surface area contributed by atoms with Gasteiger partial charge in [0.05, 0.1) is 6.04 Å². The van der Waals surface area contributed by atoms with Gasteiger partial charge in [0.1, 0.15) is 0 Å². The normalized spacial score (nSPS) is 17.5. The molecule has 2 rings (SSSR count). The number of nitrogens with one attached hydrogen (secondary N) is 1. The summed E-state index contributed by atoms with van der Waals surface area (Å²) in [5.41, 5.74) is 8.03. The summed E-state index contributed by atoms with van der Waals surface area (Å²) in [6.45, 7) is 7.46. The summed E-state index contributed by atoms with van der Waals surface area (Å²) >= 11 is 0. The first-order chi connectivity index (χ1) is 10.5. The van der Waals surface area contributed by atoms with Crippen LogP contribution in [0.1, 0.15) is 45.1 Å². The van der Waals surface area contributed by atoms with Gasteiger partial charge in [0.15, 0.2) is 0 Å². The van der Waals surface area contributed by atoms with Gasteiger partial charge >= 0.3 is 0 Å². The van der Waals surface area contributed by atoms with Crippen LogP contribution in [0.3, 0.4) is 0 Å². The minimum atomic E-state index is -0.439. The van der Waals surface area contributed by atoms with E-state index in [1.165, 1.54) is 37.9 Å². The fourth-order valence-electron chi connectivity index (χ4n) is 2.97. The van der Waals surface area contributed by atoms with Crippen LogP contribution in [0.2, 0.25) is 0 Å². The predicted octanol–water partition coefficient (Wildman–Crippen LogP) is 2.98. The predicted molar refractivity (Wildman–Crippen MR) is 91.6 cm³/mol. The molecule has 1 atom stereocenters. The molecule has 3 N–H and O–H groups in total. The van der Waals surface area contributed by atoms with E-state index in [-0.39, 0.29) is 5.91 Å². The number of likely N-dealkylation sites (tertiary alicyclic amines) is 1. The maximum atomic E-state index is 12.1. The molecule has 0 unspecified atom stereocenters. The Morgan fingerprint density at radius 3 is 2.68 bits per heavy atom. The van der Waals surface area contributed by atoms with Crippen LogP contribution in [-0.4, -0.2) is 29.9 Å².